The van der Waals surface area contributed by atoms with E-state index in [9.17, 15) is 4.79 Å². The van der Waals surface area contributed by atoms with Gasteiger partial charge in [0, 0.05) is 62.1 Å². The van der Waals surface area contributed by atoms with E-state index in [4.69, 9.17) is 9.72 Å². The standard InChI is InChI=1S/C28H33N7O2/c1-7-27(36)30-22-16-23(26(37-6)17-25(22)34(4)15-14-33(2)3)32-28-29-13-12-21(31-28)20-18-35(5)24-11-9-8-10-19(20)24/h7-13,16-18H,1,14-15H2,2-6H3,(H,30,36)(H,29,31,32)/p+1. The molecule has 0 unspecified atom stereocenters. The fourth-order valence-electron chi connectivity index (χ4n) is 4.14. The third-order valence-corrected chi connectivity index (χ3v) is 6.13. The summed E-state index contributed by atoms with van der Waals surface area (Å²) in [5.41, 5.74) is 5.02. The van der Waals surface area contributed by atoms with Crippen molar-refractivity contribution in [2.75, 3.05) is 56.9 Å². The summed E-state index contributed by atoms with van der Waals surface area (Å²) >= 11 is 0. The Morgan fingerprint density at radius 1 is 1.16 bits per heavy atom. The number of hydrogen-bond donors (Lipinski definition) is 2. The number of carbonyl (C=O) groups excluding carboxylic acids is 1. The quantitative estimate of drug-likeness (QED) is 0.307. The minimum absolute atomic E-state index is 0. The maximum Gasteiger partial charge on any atom is 1.00 e. The zero-order valence-corrected chi connectivity index (χ0v) is 21.9. The van der Waals surface area contributed by atoms with Crippen LogP contribution in [-0.2, 0) is 11.8 Å². The molecule has 37 heavy (non-hydrogen) atoms. The first-order chi connectivity index (χ1) is 17.8. The van der Waals surface area contributed by atoms with Crippen LogP contribution in [0.2, 0.25) is 0 Å². The van der Waals surface area contributed by atoms with Crippen molar-refractivity contribution in [3.8, 4) is 17.0 Å². The molecule has 0 atom stereocenters. The number of likely N-dealkylation sites (N-methyl/N-ethyl adjacent to an activating group) is 2. The topological polar surface area (TPSA) is 87.5 Å². The highest BCUT2D eigenvalue weighted by atomic mass is 16.5. The average Bonchev–Trinajstić information content (AvgIpc) is 3.24. The number of nitrogens with one attached hydrogen (secondary N) is 2. The number of rotatable bonds is 10. The Hall–Kier alpha value is -4.37. The first-order valence-corrected chi connectivity index (χ1v) is 12.0. The summed E-state index contributed by atoms with van der Waals surface area (Å²) in [7, 11) is 9.65. The van der Waals surface area contributed by atoms with E-state index in [1.165, 1.54) is 6.08 Å². The van der Waals surface area contributed by atoms with Crippen LogP contribution in [0.1, 0.15) is 1.43 Å². The molecular formula is C28H34N7O2+. The molecule has 0 fully saturated rings. The Balaban J connectivity index is 0.00000400. The highest BCUT2D eigenvalue weighted by molar-refractivity contribution is 6.02. The van der Waals surface area contributed by atoms with E-state index < -0.39 is 0 Å². The highest BCUT2D eigenvalue weighted by Gasteiger charge is 2.17. The molecule has 0 aliphatic rings. The van der Waals surface area contributed by atoms with Gasteiger partial charge in [-0.3, -0.25) is 4.79 Å². The molecule has 0 radical (unpaired) electrons. The lowest BCUT2D eigenvalue weighted by Crippen LogP contribution is -2.29. The number of amides is 1. The number of aryl methyl sites for hydroxylation is 1. The Morgan fingerprint density at radius 3 is 2.68 bits per heavy atom. The van der Waals surface area contributed by atoms with E-state index in [0.717, 1.165) is 40.9 Å². The normalized spacial score (nSPS) is 11.0. The van der Waals surface area contributed by atoms with Crippen molar-refractivity contribution in [3.05, 3.63) is 67.5 Å². The molecule has 9 nitrogen and oxygen atoms in total. The molecule has 0 aliphatic heterocycles. The van der Waals surface area contributed by atoms with Crippen molar-refractivity contribution >= 4 is 39.8 Å². The molecule has 4 aromatic rings. The summed E-state index contributed by atoms with van der Waals surface area (Å²) in [6, 6.07) is 13.8. The molecule has 0 bridgehead atoms. The maximum atomic E-state index is 12.2. The third kappa shape index (κ3) is 5.73. The van der Waals surface area contributed by atoms with Crippen LogP contribution in [0.3, 0.4) is 0 Å². The molecule has 0 aliphatic carbocycles. The average molecular weight is 501 g/mol. The summed E-state index contributed by atoms with van der Waals surface area (Å²) in [4.78, 5) is 25.6. The zero-order valence-electron chi connectivity index (χ0n) is 22.9. The van der Waals surface area contributed by atoms with E-state index in [0.29, 0.717) is 23.1 Å². The van der Waals surface area contributed by atoms with E-state index in [1.807, 2.05) is 58.5 Å². The molecule has 2 heterocycles. The monoisotopic (exact) mass is 500 g/mol. The third-order valence-electron chi connectivity index (χ3n) is 6.13. The second-order valence-electron chi connectivity index (χ2n) is 9.05. The summed E-state index contributed by atoms with van der Waals surface area (Å²) in [6.45, 7) is 5.19. The van der Waals surface area contributed by atoms with Crippen LogP contribution in [-0.4, -0.2) is 66.7 Å². The summed E-state index contributed by atoms with van der Waals surface area (Å²) in [5.74, 6) is 0.716. The van der Waals surface area contributed by atoms with E-state index in [2.05, 4.69) is 54.9 Å². The number of nitrogens with zero attached hydrogens (tertiary/aromatic N) is 5. The summed E-state index contributed by atoms with van der Waals surface area (Å²) < 4.78 is 7.79. The van der Waals surface area contributed by atoms with Crippen molar-refractivity contribution in [1.29, 1.82) is 0 Å². The van der Waals surface area contributed by atoms with Crippen molar-refractivity contribution in [2.24, 2.45) is 7.05 Å². The lowest BCUT2D eigenvalue weighted by atomic mass is 10.1. The fraction of sp³-hybridized carbons (Fsp3) is 0.250. The van der Waals surface area contributed by atoms with Crippen molar-refractivity contribution in [2.45, 2.75) is 0 Å². The Kier molecular flexibility index (Phi) is 7.74. The van der Waals surface area contributed by atoms with Crippen molar-refractivity contribution in [1.82, 2.24) is 19.4 Å². The largest absolute Gasteiger partial charge is 1.00 e. The lowest BCUT2D eigenvalue weighted by Gasteiger charge is -2.26. The first-order valence-electron chi connectivity index (χ1n) is 12.0. The summed E-state index contributed by atoms with van der Waals surface area (Å²) in [5, 5.41) is 7.31. The molecule has 1 amide bonds. The van der Waals surface area contributed by atoms with Gasteiger partial charge in [-0.2, -0.15) is 0 Å². The molecular weight excluding hydrogens is 466 g/mol. The number of methoxy groups -OCH3 is 1. The van der Waals surface area contributed by atoms with E-state index >= 15 is 0 Å². The van der Waals surface area contributed by atoms with Crippen LogP contribution in [0.25, 0.3) is 22.2 Å². The molecule has 0 spiro atoms. The number of carbonyl (C=O) groups is 1. The number of benzene rings is 2. The van der Waals surface area contributed by atoms with Crippen LogP contribution in [0.15, 0.2) is 67.5 Å². The lowest BCUT2D eigenvalue weighted by molar-refractivity contribution is -0.111. The van der Waals surface area contributed by atoms with Crippen LogP contribution in [0, 0.1) is 0 Å². The van der Waals surface area contributed by atoms with Crippen molar-refractivity contribution in [3.63, 3.8) is 0 Å². The summed E-state index contributed by atoms with van der Waals surface area (Å²) in [6.07, 6.45) is 5.04. The number of para-hydroxylation sites is 1. The number of anilines is 4. The molecule has 9 heteroatoms. The number of ether oxygens (including phenoxy) is 1. The SMILES string of the molecule is C=CC(=O)Nc1cc(Nc2nccc(-c3cn(C)c4ccccc34)n2)c(OC)cc1N(C)CCN(C)C.[H+]. The van der Waals surface area contributed by atoms with Gasteiger partial charge in [0.15, 0.2) is 0 Å². The first kappa shape index (κ1) is 25.7. The molecule has 0 saturated heterocycles. The van der Waals surface area contributed by atoms with Crippen LogP contribution in [0.4, 0.5) is 23.0 Å². The minimum atomic E-state index is -0.299. The molecule has 192 valence electrons. The van der Waals surface area contributed by atoms with Gasteiger partial charge in [-0.25, -0.2) is 9.97 Å². The van der Waals surface area contributed by atoms with Crippen molar-refractivity contribution < 1.29 is 11.0 Å². The van der Waals surface area contributed by atoms with Crippen LogP contribution in [0.5, 0.6) is 5.75 Å². The Bertz CT molecular complexity index is 1430. The minimum Gasteiger partial charge on any atom is -0.494 e. The van der Waals surface area contributed by atoms with E-state index in [1.54, 1.807) is 13.3 Å². The van der Waals surface area contributed by atoms with Gasteiger partial charge >= 0.3 is 1.43 Å². The van der Waals surface area contributed by atoms with Gasteiger partial charge in [0.05, 0.1) is 29.9 Å². The smallest absolute Gasteiger partial charge is 0.494 e. The Labute approximate surface area is 218 Å². The number of aromatic nitrogens is 3. The van der Waals surface area contributed by atoms with Gasteiger partial charge in [-0.1, -0.05) is 24.8 Å². The fourth-order valence-corrected chi connectivity index (χ4v) is 4.14. The molecule has 2 aromatic heterocycles. The number of fused-ring (bicyclic) bond motifs is 1. The zero-order chi connectivity index (χ0) is 26.5. The van der Waals surface area contributed by atoms with Crippen LogP contribution >= 0.6 is 0 Å². The van der Waals surface area contributed by atoms with Gasteiger partial charge in [0.2, 0.25) is 11.9 Å². The maximum absolute atomic E-state index is 12.2. The highest BCUT2D eigenvalue weighted by Crippen LogP contribution is 2.38. The van der Waals surface area contributed by atoms with Gasteiger partial charge < -0.3 is 29.7 Å². The molecule has 0 saturated carbocycles. The second-order valence-corrected chi connectivity index (χ2v) is 9.05. The van der Waals surface area contributed by atoms with Gasteiger partial charge in [-0.15, -0.1) is 0 Å². The van der Waals surface area contributed by atoms with Crippen LogP contribution < -0.4 is 20.3 Å². The molecule has 4 rings (SSSR count). The molecule has 2 N–H and O–H groups in total. The predicted molar refractivity (Wildman–Crippen MR) is 152 cm³/mol. The van der Waals surface area contributed by atoms with Gasteiger partial charge in [-0.05, 0) is 38.4 Å². The predicted octanol–water partition coefficient (Wildman–Crippen LogP) is 4.62. The number of hydrogen-bond acceptors (Lipinski definition) is 7. The van der Waals surface area contributed by atoms with E-state index in [-0.39, 0.29) is 7.33 Å². The second kappa shape index (κ2) is 11.1. The molecule has 2 aromatic carbocycles. The van der Waals surface area contributed by atoms with Gasteiger partial charge in [0.25, 0.3) is 0 Å². The van der Waals surface area contributed by atoms with Gasteiger partial charge in [0.1, 0.15) is 5.75 Å². The Morgan fingerprint density at radius 2 is 1.95 bits per heavy atom.